The van der Waals surface area contributed by atoms with Crippen LogP contribution in [0.2, 0.25) is 0 Å². The fourth-order valence-electron chi connectivity index (χ4n) is 1.97. The van der Waals surface area contributed by atoms with Crippen LogP contribution in [0.25, 0.3) is 0 Å². The van der Waals surface area contributed by atoms with Crippen LogP contribution in [0.4, 0.5) is 0 Å². The molecule has 0 fully saturated rings. The quantitative estimate of drug-likeness (QED) is 0.824. The SMILES string of the molecule is C=CNC(C)(C(=C)N(C)C(C)C)c1ccccc1. The second-order valence-electron chi connectivity index (χ2n) is 4.99. The third kappa shape index (κ3) is 2.76. The van der Waals surface area contributed by atoms with E-state index in [1.54, 1.807) is 6.20 Å². The molecule has 0 aromatic heterocycles. The maximum Gasteiger partial charge on any atom is 0.0988 e. The van der Waals surface area contributed by atoms with Crippen molar-refractivity contribution in [2.24, 2.45) is 0 Å². The van der Waals surface area contributed by atoms with Crippen LogP contribution in [0.3, 0.4) is 0 Å². The highest BCUT2D eigenvalue weighted by atomic mass is 15.2. The molecule has 1 atom stereocenters. The number of nitrogens with zero attached hydrogens (tertiary/aromatic N) is 1. The molecule has 0 saturated heterocycles. The summed E-state index contributed by atoms with van der Waals surface area (Å²) in [5.74, 6) is 0. The second-order valence-corrected chi connectivity index (χ2v) is 4.99. The van der Waals surface area contributed by atoms with Gasteiger partial charge in [-0.2, -0.15) is 0 Å². The number of rotatable bonds is 6. The summed E-state index contributed by atoms with van der Waals surface area (Å²) in [6, 6.07) is 10.7. The average molecular weight is 244 g/mol. The van der Waals surface area contributed by atoms with E-state index in [9.17, 15) is 0 Å². The first-order valence-electron chi connectivity index (χ1n) is 6.29. The van der Waals surface area contributed by atoms with Crippen LogP contribution in [-0.4, -0.2) is 18.0 Å². The Labute approximate surface area is 111 Å². The predicted molar refractivity (Wildman–Crippen MR) is 79.2 cm³/mol. The van der Waals surface area contributed by atoms with E-state index < -0.39 is 0 Å². The van der Waals surface area contributed by atoms with Crippen molar-refractivity contribution in [1.29, 1.82) is 0 Å². The first kappa shape index (κ1) is 14.4. The van der Waals surface area contributed by atoms with Crippen LogP contribution >= 0.6 is 0 Å². The number of hydrogen-bond acceptors (Lipinski definition) is 2. The van der Waals surface area contributed by atoms with Crippen LogP contribution in [0.5, 0.6) is 0 Å². The fourth-order valence-corrected chi connectivity index (χ4v) is 1.97. The van der Waals surface area contributed by atoms with Gasteiger partial charge in [-0.1, -0.05) is 43.5 Å². The molecule has 0 spiro atoms. The molecule has 18 heavy (non-hydrogen) atoms. The van der Waals surface area contributed by atoms with Crippen LogP contribution in [-0.2, 0) is 5.54 Å². The molecule has 0 aliphatic heterocycles. The van der Waals surface area contributed by atoms with Gasteiger partial charge in [-0.3, -0.25) is 0 Å². The normalized spacial score (nSPS) is 13.8. The molecule has 0 aliphatic carbocycles. The number of likely N-dealkylation sites (N-methyl/N-ethyl adjacent to an activating group) is 1. The van der Waals surface area contributed by atoms with Crippen molar-refractivity contribution < 1.29 is 0 Å². The highest BCUT2D eigenvalue weighted by molar-refractivity contribution is 5.33. The lowest BCUT2D eigenvalue weighted by molar-refractivity contribution is 0.275. The van der Waals surface area contributed by atoms with E-state index in [1.807, 2.05) is 18.2 Å². The molecule has 0 bridgehead atoms. The van der Waals surface area contributed by atoms with E-state index in [0.29, 0.717) is 6.04 Å². The standard InChI is InChI=1S/C16H24N2/c1-7-17-16(5,14(4)18(6)13(2)3)15-11-9-8-10-12-15/h7-13,17H,1,4H2,2-3,5-6H3. The maximum absolute atomic E-state index is 4.26. The van der Waals surface area contributed by atoms with Gasteiger partial charge in [0.05, 0.1) is 5.54 Å². The second kappa shape index (κ2) is 5.76. The first-order valence-corrected chi connectivity index (χ1v) is 6.29. The number of nitrogens with one attached hydrogen (secondary N) is 1. The van der Waals surface area contributed by atoms with Gasteiger partial charge in [-0.05, 0) is 32.5 Å². The molecule has 0 aliphatic rings. The Hall–Kier alpha value is -1.70. The van der Waals surface area contributed by atoms with Crippen molar-refractivity contribution in [3.8, 4) is 0 Å². The van der Waals surface area contributed by atoms with Crippen molar-refractivity contribution in [2.45, 2.75) is 32.4 Å². The van der Waals surface area contributed by atoms with Crippen molar-refractivity contribution in [3.05, 3.63) is 61.0 Å². The minimum absolute atomic E-state index is 0.331. The van der Waals surface area contributed by atoms with Crippen molar-refractivity contribution in [3.63, 3.8) is 0 Å². The van der Waals surface area contributed by atoms with E-state index in [2.05, 4.69) is 63.3 Å². The van der Waals surface area contributed by atoms with Crippen LogP contribution in [0.15, 0.2) is 55.4 Å². The Balaban J connectivity index is 3.15. The van der Waals surface area contributed by atoms with Crippen molar-refractivity contribution in [2.75, 3.05) is 7.05 Å². The number of hydrogen-bond donors (Lipinski definition) is 1. The van der Waals surface area contributed by atoms with Crippen molar-refractivity contribution >= 4 is 0 Å². The van der Waals surface area contributed by atoms with E-state index in [4.69, 9.17) is 0 Å². The first-order chi connectivity index (χ1) is 8.43. The molecule has 1 aromatic carbocycles. The maximum atomic E-state index is 4.26. The molecule has 0 heterocycles. The molecule has 2 heteroatoms. The van der Waals surface area contributed by atoms with E-state index >= 15 is 0 Å². The summed E-state index contributed by atoms with van der Waals surface area (Å²) < 4.78 is 0. The van der Waals surface area contributed by atoms with Gasteiger partial charge in [0.2, 0.25) is 0 Å². The zero-order valence-corrected chi connectivity index (χ0v) is 11.9. The molecular formula is C16H24N2. The summed E-state index contributed by atoms with van der Waals surface area (Å²) >= 11 is 0. The minimum Gasteiger partial charge on any atom is -0.377 e. The van der Waals surface area contributed by atoms with Crippen LogP contribution in [0, 0.1) is 0 Å². The Bertz CT molecular complexity index is 408. The summed E-state index contributed by atoms with van der Waals surface area (Å²) in [6.07, 6.45) is 1.73. The average Bonchev–Trinajstić information content (AvgIpc) is 2.38. The lowest BCUT2D eigenvalue weighted by atomic mass is 9.88. The molecule has 1 rings (SSSR count). The van der Waals surface area contributed by atoms with Crippen LogP contribution < -0.4 is 5.32 Å². The molecule has 0 saturated carbocycles. The van der Waals surface area contributed by atoms with E-state index in [0.717, 1.165) is 5.70 Å². The summed E-state index contributed by atoms with van der Waals surface area (Å²) in [7, 11) is 2.07. The largest absolute Gasteiger partial charge is 0.377 e. The molecule has 0 radical (unpaired) electrons. The summed E-state index contributed by atoms with van der Waals surface area (Å²) in [5, 5.41) is 3.33. The Kier molecular flexibility index (Phi) is 4.60. The summed E-state index contributed by atoms with van der Waals surface area (Å²) in [4.78, 5) is 2.18. The number of benzene rings is 1. The predicted octanol–water partition coefficient (Wildman–Crippen LogP) is 3.49. The highest BCUT2D eigenvalue weighted by Gasteiger charge is 2.31. The zero-order valence-electron chi connectivity index (χ0n) is 11.9. The molecule has 0 amide bonds. The highest BCUT2D eigenvalue weighted by Crippen LogP contribution is 2.30. The van der Waals surface area contributed by atoms with E-state index in [1.165, 1.54) is 5.56 Å². The Morgan fingerprint density at radius 1 is 1.33 bits per heavy atom. The smallest absolute Gasteiger partial charge is 0.0988 e. The van der Waals surface area contributed by atoms with Gasteiger partial charge in [0.1, 0.15) is 0 Å². The summed E-state index contributed by atoms with van der Waals surface area (Å²) in [5.41, 5.74) is 1.88. The van der Waals surface area contributed by atoms with E-state index in [-0.39, 0.29) is 5.54 Å². The van der Waals surface area contributed by atoms with Crippen LogP contribution in [0.1, 0.15) is 26.3 Å². The molecule has 1 unspecified atom stereocenters. The van der Waals surface area contributed by atoms with Gasteiger partial charge >= 0.3 is 0 Å². The van der Waals surface area contributed by atoms with Gasteiger partial charge in [0, 0.05) is 18.8 Å². The zero-order chi connectivity index (χ0) is 13.8. The van der Waals surface area contributed by atoms with Gasteiger partial charge in [-0.15, -0.1) is 0 Å². The molecule has 98 valence electrons. The molecular weight excluding hydrogens is 220 g/mol. The fraction of sp³-hybridized carbons (Fsp3) is 0.375. The molecule has 1 aromatic rings. The Morgan fingerprint density at radius 3 is 2.33 bits per heavy atom. The van der Waals surface area contributed by atoms with Gasteiger partial charge < -0.3 is 10.2 Å². The lowest BCUT2D eigenvalue weighted by Gasteiger charge is -2.40. The monoisotopic (exact) mass is 244 g/mol. The minimum atomic E-state index is -0.331. The molecule has 1 N–H and O–H groups in total. The third-order valence-corrected chi connectivity index (χ3v) is 3.52. The molecule has 2 nitrogen and oxygen atoms in total. The summed E-state index contributed by atoms with van der Waals surface area (Å²) in [6.45, 7) is 14.5. The van der Waals surface area contributed by atoms with Gasteiger partial charge in [0.15, 0.2) is 0 Å². The van der Waals surface area contributed by atoms with Crippen molar-refractivity contribution in [1.82, 2.24) is 10.2 Å². The Morgan fingerprint density at radius 2 is 1.89 bits per heavy atom. The topological polar surface area (TPSA) is 15.3 Å². The third-order valence-electron chi connectivity index (χ3n) is 3.52. The van der Waals surface area contributed by atoms with Gasteiger partial charge in [0.25, 0.3) is 0 Å². The van der Waals surface area contributed by atoms with Gasteiger partial charge in [-0.25, -0.2) is 0 Å². The lowest BCUT2D eigenvalue weighted by Crippen LogP contribution is -2.45.